The van der Waals surface area contributed by atoms with Crippen molar-refractivity contribution >= 4 is 28.8 Å². The molecule has 0 spiro atoms. The van der Waals surface area contributed by atoms with E-state index >= 15 is 0 Å². The van der Waals surface area contributed by atoms with Crippen LogP contribution in [0.25, 0.3) is 11.0 Å². The molecule has 2 aromatic rings. The predicted octanol–water partition coefficient (Wildman–Crippen LogP) is 1.41. The summed E-state index contributed by atoms with van der Waals surface area (Å²) in [5.41, 5.74) is 0.347. The summed E-state index contributed by atoms with van der Waals surface area (Å²) >= 11 is 1.25. The van der Waals surface area contributed by atoms with E-state index in [1.54, 1.807) is 20.2 Å². The number of ether oxygens (including phenoxy) is 1. The largest absolute Gasteiger partial charge is 0.465 e. The molecule has 24 heavy (non-hydrogen) atoms. The third-order valence-corrected chi connectivity index (χ3v) is 4.82. The van der Waals surface area contributed by atoms with Gasteiger partial charge < -0.3 is 4.74 Å². The summed E-state index contributed by atoms with van der Waals surface area (Å²) in [4.78, 5) is 41.4. The number of rotatable bonds is 5. The number of fused-ring (bicyclic) bond motifs is 1. The van der Waals surface area contributed by atoms with Gasteiger partial charge in [0.2, 0.25) is 0 Å². The van der Waals surface area contributed by atoms with Gasteiger partial charge in [-0.05, 0) is 18.4 Å². The average molecular weight is 351 g/mol. The molecule has 8 heteroatoms. The van der Waals surface area contributed by atoms with Crippen molar-refractivity contribution in [3.8, 4) is 0 Å². The van der Waals surface area contributed by atoms with Crippen LogP contribution < -0.4 is 11.2 Å². The van der Waals surface area contributed by atoms with E-state index in [2.05, 4.69) is 4.98 Å². The van der Waals surface area contributed by atoms with Gasteiger partial charge in [-0.2, -0.15) is 0 Å². The van der Waals surface area contributed by atoms with Crippen LogP contribution in [-0.2, 0) is 23.6 Å². The molecule has 0 aliphatic heterocycles. The molecular formula is C16H21N3O4S. The van der Waals surface area contributed by atoms with Gasteiger partial charge in [-0.25, -0.2) is 9.78 Å². The molecule has 0 N–H and O–H groups in total. The fourth-order valence-corrected chi connectivity index (χ4v) is 3.54. The molecule has 0 atom stereocenters. The Labute approximate surface area is 143 Å². The highest BCUT2D eigenvalue weighted by molar-refractivity contribution is 8.00. The van der Waals surface area contributed by atoms with Crippen LogP contribution in [0.2, 0.25) is 0 Å². The first-order chi connectivity index (χ1) is 11.3. The highest BCUT2D eigenvalue weighted by atomic mass is 32.2. The van der Waals surface area contributed by atoms with Crippen LogP contribution in [-0.4, -0.2) is 32.4 Å². The number of hydrogen-bond donors (Lipinski definition) is 0. The van der Waals surface area contributed by atoms with Crippen molar-refractivity contribution in [2.45, 2.75) is 31.6 Å². The van der Waals surface area contributed by atoms with E-state index in [-0.39, 0.29) is 17.6 Å². The maximum atomic E-state index is 12.6. The second-order valence-electron chi connectivity index (χ2n) is 5.70. The third kappa shape index (κ3) is 3.24. The van der Waals surface area contributed by atoms with Gasteiger partial charge in [-0.3, -0.25) is 18.7 Å². The van der Waals surface area contributed by atoms with Crippen LogP contribution in [0, 0.1) is 0 Å². The lowest BCUT2D eigenvalue weighted by atomic mass is 10.0. The Kier molecular flexibility index (Phi) is 5.48. The van der Waals surface area contributed by atoms with Gasteiger partial charge in [0.05, 0.1) is 17.7 Å². The van der Waals surface area contributed by atoms with E-state index in [0.29, 0.717) is 22.5 Å². The number of aromatic nitrogens is 3. The number of nitrogens with zero attached hydrogens (tertiary/aromatic N) is 3. The molecule has 0 aromatic carbocycles. The van der Waals surface area contributed by atoms with E-state index < -0.39 is 11.2 Å². The maximum absolute atomic E-state index is 12.6. The summed E-state index contributed by atoms with van der Waals surface area (Å²) in [6, 6.07) is 0. The van der Waals surface area contributed by atoms with Crippen LogP contribution in [0.1, 0.15) is 32.3 Å². The topological polar surface area (TPSA) is 83.2 Å². The minimum atomic E-state index is -0.432. The monoisotopic (exact) mass is 351 g/mol. The number of hydrogen-bond acceptors (Lipinski definition) is 6. The molecular weight excluding hydrogens is 330 g/mol. The number of pyridine rings is 1. The molecule has 2 rings (SSSR count). The maximum Gasteiger partial charge on any atom is 0.332 e. The summed E-state index contributed by atoms with van der Waals surface area (Å²) in [6.45, 7) is 6.03. The Balaban J connectivity index is 2.73. The lowest BCUT2D eigenvalue weighted by Gasteiger charge is -2.16. The highest BCUT2D eigenvalue weighted by Gasteiger charge is 2.20. The highest BCUT2D eigenvalue weighted by Crippen LogP contribution is 2.32. The third-order valence-electron chi connectivity index (χ3n) is 3.71. The van der Waals surface area contributed by atoms with Crippen LogP contribution in [0.15, 0.2) is 20.7 Å². The average Bonchev–Trinajstić information content (AvgIpc) is 2.55. The van der Waals surface area contributed by atoms with Crippen molar-refractivity contribution in [3.63, 3.8) is 0 Å². The minimum Gasteiger partial charge on any atom is -0.465 e. The Hall–Kier alpha value is -2.09. The molecule has 0 radical (unpaired) electrons. The molecule has 0 bridgehead atoms. The second-order valence-corrected chi connectivity index (χ2v) is 6.68. The molecule has 130 valence electrons. The number of carbonyl (C=O) groups is 1. The lowest BCUT2D eigenvalue weighted by Crippen LogP contribution is -2.37. The molecule has 0 aliphatic rings. The zero-order valence-electron chi connectivity index (χ0n) is 14.5. The van der Waals surface area contributed by atoms with Gasteiger partial charge in [0.15, 0.2) is 0 Å². The predicted molar refractivity (Wildman–Crippen MR) is 93.7 cm³/mol. The van der Waals surface area contributed by atoms with Crippen molar-refractivity contribution < 1.29 is 9.53 Å². The second kappa shape index (κ2) is 7.21. The van der Waals surface area contributed by atoms with Crippen molar-refractivity contribution in [1.29, 1.82) is 0 Å². The van der Waals surface area contributed by atoms with E-state index in [0.717, 1.165) is 10.1 Å². The van der Waals surface area contributed by atoms with Gasteiger partial charge in [-0.15, -0.1) is 11.8 Å². The summed E-state index contributed by atoms with van der Waals surface area (Å²) in [7, 11) is 3.01. The van der Waals surface area contributed by atoms with Gasteiger partial charge in [0.25, 0.3) is 5.56 Å². The lowest BCUT2D eigenvalue weighted by molar-refractivity contribution is -0.139. The first-order valence-corrected chi connectivity index (χ1v) is 8.65. The van der Waals surface area contributed by atoms with Crippen LogP contribution in [0.5, 0.6) is 0 Å². The normalized spacial score (nSPS) is 11.2. The number of carbonyl (C=O) groups excluding carboxylic acids is 1. The van der Waals surface area contributed by atoms with Crippen molar-refractivity contribution in [1.82, 2.24) is 14.1 Å². The SMILES string of the molecule is CCOC(=O)CSc1c(C(C)C)cnc2c1c(=O)n(C)c(=O)n2C. The zero-order valence-corrected chi connectivity index (χ0v) is 15.3. The zero-order chi connectivity index (χ0) is 18.0. The van der Waals surface area contributed by atoms with Crippen LogP contribution in [0.3, 0.4) is 0 Å². The molecule has 2 aromatic heterocycles. The summed E-state index contributed by atoms with van der Waals surface area (Å²) in [5, 5.41) is 0.361. The van der Waals surface area contributed by atoms with E-state index in [1.165, 1.54) is 23.4 Å². The van der Waals surface area contributed by atoms with Gasteiger partial charge >= 0.3 is 11.7 Å². The van der Waals surface area contributed by atoms with Gasteiger partial charge in [0.1, 0.15) is 5.65 Å². The summed E-state index contributed by atoms with van der Waals surface area (Å²) in [6.07, 6.45) is 1.67. The molecule has 0 aliphatic carbocycles. The number of esters is 1. The minimum absolute atomic E-state index is 0.0959. The van der Waals surface area contributed by atoms with E-state index in [1.807, 2.05) is 13.8 Å². The van der Waals surface area contributed by atoms with Crippen molar-refractivity contribution in [2.75, 3.05) is 12.4 Å². The smallest absolute Gasteiger partial charge is 0.332 e. The van der Waals surface area contributed by atoms with Gasteiger partial charge in [0, 0.05) is 25.2 Å². The molecule has 0 saturated heterocycles. The number of thioether (sulfide) groups is 1. The summed E-state index contributed by atoms with van der Waals surface area (Å²) < 4.78 is 7.36. The molecule has 0 amide bonds. The molecule has 0 fully saturated rings. The molecule has 0 saturated carbocycles. The molecule has 7 nitrogen and oxygen atoms in total. The van der Waals surface area contributed by atoms with Crippen molar-refractivity contribution in [2.24, 2.45) is 14.1 Å². The van der Waals surface area contributed by atoms with E-state index in [4.69, 9.17) is 4.74 Å². The fraction of sp³-hybridized carbons (Fsp3) is 0.500. The molecule has 2 heterocycles. The molecule has 0 unspecified atom stereocenters. The Morgan fingerprint density at radius 1 is 1.29 bits per heavy atom. The Bertz CT molecular complexity index is 899. The first kappa shape index (κ1) is 18.3. The number of aryl methyl sites for hydroxylation is 1. The van der Waals surface area contributed by atoms with Crippen LogP contribution in [0.4, 0.5) is 0 Å². The standard InChI is InChI=1S/C16H21N3O4S/c1-6-23-11(20)8-24-13-10(9(2)3)7-17-14-12(13)15(21)19(5)16(22)18(14)4/h7,9H,6,8H2,1-5H3. The summed E-state index contributed by atoms with van der Waals surface area (Å²) in [5.74, 6) is -0.129. The van der Waals surface area contributed by atoms with Crippen molar-refractivity contribution in [3.05, 3.63) is 32.6 Å². The fourth-order valence-electron chi connectivity index (χ4n) is 2.42. The van der Waals surface area contributed by atoms with Gasteiger partial charge in [-0.1, -0.05) is 13.8 Å². The van der Waals surface area contributed by atoms with E-state index in [9.17, 15) is 14.4 Å². The quantitative estimate of drug-likeness (QED) is 0.598. The first-order valence-electron chi connectivity index (χ1n) is 7.66. The Morgan fingerprint density at radius 2 is 1.96 bits per heavy atom. The Morgan fingerprint density at radius 3 is 2.54 bits per heavy atom. The van der Waals surface area contributed by atoms with Crippen LogP contribution >= 0.6 is 11.8 Å².